The number of nitro groups is 1. The van der Waals surface area contributed by atoms with Crippen molar-refractivity contribution >= 4 is 15.7 Å². The maximum absolute atomic E-state index is 13.2. The first-order valence-electron chi connectivity index (χ1n) is 6.02. The molecule has 0 aliphatic carbocycles. The third-order valence-corrected chi connectivity index (χ3v) is 5.15. The summed E-state index contributed by atoms with van der Waals surface area (Å²) in [6, 6.07) is 2.54. The molecule has 110 valence electrons. The van der Waals surface area contributed by atoms with E-state index in [4.69, 9.17) is 5.73 Å². The molecule has 1 aromatic rings. The van der Waals surface area contributed by atoms with E-state index in [-0.39, 0.29) is 24.0 Å². The monoisotopic (exact) mass is 303 g/mol. The number of rotatable bonds is 3. The van der Waals surface area contributed by atoms with E-state index in [1.165, 1.54) is 4.31 Å². The van der Waals surface area contributed by atoms with Crippen molar-refractivity contribution in [3.05, 3.63) is 34.1 Å². The topological polar surface area (TPSA) is 107 Å². The maximum Gasteiger partial charge on any atom is 0.306 e. The van der Waals surface area contributed by atoms with Crippen LogP contribution < -0.4 is 5.73 Å². The van der Waals surface area contributed by atoms with Gasteiger partial charge in [0.15, 0.2) is 0 Å². The van der Waals surface area contributed by atoms with Gasteiger partial charge in [-0.2, -0.15) is 8.70 Å². The molecule has 1 heterocycles. The molecule has 1 fully saturated rings. The Balaban J connectivity index is 2.35. The van der Waals surface area contributed by atoms with Crippen LogP contribution in [0, 0.1) is 15.9 Å². The number of sulfonamides is 1. The van der Waals surface area contributed by atoms with Crippen LogP contribution in [0.2, 0.25) is 0 Å². The molecular weight excluding hydrogens is 289 g/mol. The molecule has 0 bridgehead atoms. The van der Waals surface area contributed by atoms with Crippen molar-refractivity contribution in [1.29, 1.82) is 0 Å². The van der Waals surface area contributed by atoms with Crippen LogP contribution in [-0.2, 0) is 10.0 Å². The first-order valence-corrected chi connectivity index (χ1v) is 7.46. The van der Waals surface area contributed by atoms with Crippen LogP contribution in [0.3, 0.4) is 0 Å². The zero-order valence-corrected chi connectivity index (χ0v) is 11.3. The van der Waals surface area contributed by atoms with Crippen LogP contribution >= 0.6 is 0 Å². The Morgan fingerprint density at radius 1 is 1.35 bits per heavy atom. The lowest BCUT2D eigenvalue weighted by Gasteiger charge is -2.29. The number of piperidine rings is 1. The number of hydrogen-bond donors (Lipinski definition) is 1. The Kier molecular flexibility index (Phi) is 4.02. The first kappa shape index (κ1) is 14.8. The van der Waals surface area contributed by atoms with Crippen molar-refractivity contribution in [2.24, 2.45) is 5.73 Å². The van der Waals surface area contributed by atoms with Crippen molar-refractivity contribution in [3.8, 4) is 0 Å². The molecule has 0 saturated carbocycles. The highest BCUT2D eigenvalue weighted by Gasteiger charge is 2.30. The van der Waals surface area contributed by atoms with Crippen LogP contribution in [0.1, 0.15) is 12.8 Å². The van der Waals surface area contributed by atoms with Gasteiger partial charge in [-0.3, -0.25) is 10.1 Å². The van der Waals surface area contributed by atoms with Crippen molar-refractivity contribution in [2.45, 2.75) is 23.8 Å². The zero-order valence-electron chi connectivity index (χ0n) is 10.5. The minimum absolute atomic E-state index is 0.0380. The molecule has 20 heavy (non-hydrogen) atoms. The lowest BCUT2D eigenvalue weighted by molar-refractivity contribution is -0.387. The third kappa shape index (κ3) is 2.79. The van der Waals surface area contributed by atoms with Gasteiger partial charge in [-0.15, -0.1) is 0 Å². The summed E-state index contributed by atoms with van der Waals surface area (Å²) in [7, 11) is -3.85. The molecule has 1 aliphatic heterocycles. The molecule has 2 rings (SSSR count). The van der Waals surface area contributed by atoms with Gasteiger partial charge in [0.1, 0.15) is 0 Å². The Labute approximate surface area is 115 Å². The number of benzene rings is 1. The largest absolute Gasteiger partial charge is 0.328 e. The summed E-state index contributed by atoms with van der Waals surface area (Å²) < 4.78 is 39.1. The Hall–Kier alpha value is -1.58. The number of nitrogens with zero attached hydrogens (tertiary/aromatic N) is 2. The molecule has 1 aromatic carbocycles. The van der Waals surface area contributed by atoms with Crippen molar-refractivity contribution in [1.82, 2.24) is 4.31 Å². The highest BCUT2D eigenvalue weighted by molar-refractivity contribution is 7.89. The van der Waals surface area contributed by atoms with E-state index in [1.807, 2.05) is 0 Å². The Bertz CT molecular complexity index is 627. The fraction of sp³-hybridized carbons (Fsp3) is 0.455. The van der Waals surface area contributed by atoms with E-state index in [9.17, 15) is 22.9 Å². The quantitative estimate of drug-likeness (QED) is 0.658. The van der Waals surface area contributed by atoms with Gasteiger partial charge in [0, 0.05) is 25.2 Å². The molecule has 7 nitrogen and oxygen atoms in total. The number of nitrogens with two attached hydrogens (primary N) is 1. The molecule has 0 spiro atoms. The third-order valence-electron chi connectivity index (χ3n) is 3.25. The zero-order chi connectivity index (χ0) is 14.9. The van der Waals surface area contributed by atoms with Crippen LogP contribution in [0.15, 0.2) is 23.1 Å². The number of halogens is 1. The second-order valence-corrected chi connectivity index (χ2v) is 6.55. The summed E-state index contributed by atoms with van der Waals surface area (Å²) in [4.78, 5) is 9.44. The molecule has 0 unspecified atom stereocenters. The van der Waals surface area contributed by atoms with Gasteiger partial charge in [0.05, 0.1) is 9.82 Å². The number of nitro benzene ring substituents is 1. The van der Waals surface area contributed by atoms with Gasteiger partial charge >= 0.3 is 5.69 Å². The molecule has 1 saturated heterocycles. The standard InChI is InChI=1S/C11H14FN3O4S/c12-10-2-1-9(7-11(10)15(16)17)20(18,19)14-5-3-8(13)4-6-14/h1-2,7-8H,3-6,13H2. The predicted octanol–water partition coefficient (Wildman–Crippen LogP) is 0.846. The van der Waals surface area contributed by atoms with Crippen LogP contribution in [0.5, 0.6) is 0 Å². The molecule has 0 atom stereocenters. The highest BCUT2D eigenvalue weighted by Crippen LogP contribution is 2.25. The lowest BCUT2D eigenvalue weighted by Crippen LogP contribution is -2.42. The average Bonchev–Trinajstić information content (AvgIpc) is 2.39. The van der Waals surface area contributed by atoms with E-state index in [0.29, 0.717) is 12.8 Å². The SMILES string of the molecule is NC1CCN(S(=O)(=O)c2ccc(F)c([N+](=O)[O-])c2)CC1. The van der Waals surface area contributed by atoms with E-state index in [0.717, 1.165) is 18.2 Å². The summed E-state index contributed by atoms with van der Waals surface area (Å²) in [6.45, 7) is 0.517. The van der Waals surface area contributed by atoms with Crippen LogP contribution in [0.25, 0.3) is 0 Å². The van der Waals surface area contributed by atoms with Crippen molar-refractivity contribution in [2.75, 3.05) is 13.1 Å². The molecule has 0 radical (unpaired) electrons. The van der Waals surface area contributed by atoms with Crippen LogP contribution in [-0.4, -0.2) is 36.8 Å². The highest BCUT2D eigenvalue weighted by atomic mass is 32.2. The van der Waals surface area contributed by atoms with Gasteiger partial charge in [-0.05, 0) is 25.0 Å². The van der Waals surface area contributed by atoms with E-state index in [1.54, 1.807) is 0 Å². The number of hydrogen-bond acceptors (Lipinski definition) is 5. The molecule has 0 aromatic heterocycles. The first-order chi connectivity index (χ1) is 9.32. The summed E-state index contributed by atoms with van der Waals surface area (Å²) in [5, 5.41) is 10.7. The van der Waals surface area contributed by atoms with E-state index >= 15 is 0 Å². The molecule has 1 aliphatic rings. The fourth-order valence-corrected chi connectivity index (χ4v) is 3.55. The van der Waals surface area contributed by atoms with E-state index < -0.39 is 26.5 Å². The summed E-state index contributed by atoms with van der Waals surface area (Å²) in [5.74, 6) is -1.06. The average molecular weight is 303 g/mol. The van der Waals surface area contributed by atoms with Gasteiger partial charge in [-0.25, -0.2) is 8.42 Å². The normalized spacial score (nSPS) is 18.1. The Morgan fingerprint density at radius 3 is 2.50 bits per heavy atom. The molecule has 9 heteroatoms. The second-order valence-electron chi connectivity index (χ2n) is 4.61. The van der Waals surface area contributed by atoms with Gasteiger partial charge in [-0.1, -0.05) is 0 Å². The predicted molar refractivity (Wildman–Crippen MR) is 69.0 cm³/mol. The summed E-state index contributed by atoms with van der Waals surface area (Å²) in [5.41, 5.74) is 4.85. The van der Waals surface area contributed by atoms with E-state index in [2.05, 4.69) is 0 Å². The van der Waals surface area contributed by atoms with Gasteiger partial charge < -0.3 is 5.73 Å². The summed E-state index contributed by atoms with van der Waals surface area (Å²) in [6.07, 6.45) is 1.06. The minimum atomic E-state index is -3.85. The molecule has 0 amide bonds. The lowest BCUT2D eigenvalue weighted by atomic mass is 10.1. The molecule has 2 N–H and O–H groups in total. The fourth-order valence-electron chi connectivity index (χ4n) is 2.06. The van der Waals surface area contributed by atoms with Crippen molar-refractivity contribution in [3.63, 3.8) is 0 Å². The van der Waals surface area contributed by atoms with Gasteiger partial charge in [0.25, 0.3) is 0 Å². The second kappa shape index (κ2) is 5.43. The maximum atomic E-state index is 13.2. The molecular formula is C11H14FN3O4S. The smallest absolute Gasteiger partial charge is 0.306 e. The van der Waals surface area contributed by atoms with Gasteiger partial charge in [0.2, 0.25) is 15.8 Å². The minimum Gasteiger partial charge on any atom is -0.328 e. The Morgan fingerprint density at radius 2 is 1.95 bits per heavy atom. The van der Waals surface area contributed by atoms with Crippen molar-refractivity contribution < 1.29 is 17.7 Å². The summed E-state index contributed by atoms with van der Waals surface area (Å²) >= 11 is 0. The van der Waals surface area contributed by atoms with Crippen LogP contribution in [0.4, 0.5) is 10.1 Å².